The van der Waals surface area contributed by atoms with E-state index < -0.39 is 30.0 Å². The van der Waals surface area contributed by atoms with Crippen molar-refractivity contribution < 1.29 is 19.3 Å². The molecule has 1 heterocycles. The molecule has 1 aliphatic rings. The van der Waals surface area contributed by atoms with Crippen molar-refractivity contribution in [3.63, 3.8) is 0 Å². The SMILES string of the molecule is CO[C@@H]1[C@@H](OC)[C@@H](Cl)[C@@H](CCl)O[C@H]1O. The third kappa shape index (κ3) is 2.32. The summed E-state index contributed by atoms with van der Waals surface area (Å²) in [6, 6.07) is 0. The number of hydrogen-bond donors (Lipinski definition) is 1. The molecule has 6 heteroatoms. The normalized spacial score (nSPS) is 43.9. The maximum absolute atomic E-state index is 9.55. The van der Waals surface area contributed by atoms with Crippen LogP contribution >= 0.6 is 23.2 Å². The van der Waals surface area contributed by atoms with Gasteiger partial charge in [0, 0.05) is 14.2 Å². The third-order valence-corrected chi connectivity index (χ3v) is 3.12. The summed E-state index contributed by atoms with van der Waals surface area (Å²) in [5.74, 6) is 0.210. The van der Waals surface area contributed by atoms with Crippen molar-refractivity contribution >= 4 is 23.2 Å². The second-order valence-corrected chi connectivity index (χ2v) is 3.88. The van der Waals surface area contributed by atoms with Gasteiger partial charge in [0.2, 0.25) is 0 Å². The van der Waals surface area contributed by atoms with Gasteiger partial charge in [-0.15, -0.1) is 23.2 Å². The summed E-state index contributed by atoms with van der Waals surface area (Å²) < 4.78 is 15.4. The Morgan fingerprint density at radius 2 is 1.86 bits per heavy atom. The predicted octanol–water partition coefficient (Wildman–Crippen LogP) is 0.580. The van der Waals surface area contributed by atoms with E-state index in [1.54, 1.807) is 0 Å². The van der Waals surface area contributed by atoms with Crippen LogP contribution in [0.3, 0.4) is 0 Å². The lowest BCUT2D eigenvalue weighted by molar-refractivity contribution is -0.251. The van der Waals surface area contributed by atoms with Crippen LogP contribution in [0, 0.1) is 0 Å². The molecular weight excluding hydrogens is 231 g/mol. The summed E-state index contributed by atoms with van der Waals surface area (Å²) >= 11 is 11.7. The van der Waals surface area contributed by atoms with Gasteiger partial charge in [0.05, 0.1) is 17.4 Å². The molecule has 0 spiro atoms. The Hall–Kier alpha value is 0.420. The van der Waals surface area contributed by atoms with Gasteiger partial charge < -0.3 is 19.3 Å². The molecule has 0 saturated carbocycles. The molecule has 1 rings (SSSR count). The Kier molecular flexibility index (Phi) is 4.90. The van der Waals surface area contributed by atoms with E-state index in [1.165, 1.54) is 14.2 Å². The monoisotopic (exact) mass is 244 g/mol. The smallest absolute Gasteiger partial charge is 0.184 e. The molecule has 0 aliphatic carbocycles. The molecule has 1 fully saturated rings. The average molecular weight is 245 g/mol. The number of ether oxygens (including phenoxy) is 3. The maximum Gasteiger partial charge on any atom is 0.184 e. The van der Waals surface area contributed by atoms with E-state index in [2.05, 4.69) is 0 Å². The number of methoxy groups -OCH3 is 2. The molecule has 4 nitrogen and oxygen atoms in total. The van der Waals surface area contributed by atoms with Crippen molar-refractivity contribution in [2.24, 2.45) is 0 Å². The molecule has 84 valence electrons. The summed E-state index contributed by atoms with van der Waals surface area (Å²) in [6.07, 6.45) is -2.48. The maximum atomic E-state index is 9.55. The summed E-state index contributed by atoms with van der Waals surface area (Å²) in [5.41, 5.74) is 0. The Balaban J connectivity index is 2.73. The van der Waals surface area contributed by atoms with E-state index in [0.717, 1.165) is 0 Å². The number of rotatable bonds is 3. The van der Waals surface area contributed by atoms with E-state index in [-0.39, 0.29) is 5.88 Å². The van der Waals surface area contributed by atoms with Gasteiger partial charge in [-0.25, -0.2) is 0 Å². The van der Waals surface area contributed by atoms with E-state index >= 15 is 0 Å². The minimum absolute atomic E-state index is 0.210. The van der Waals surface area contributed by atoms with Gasteiger partial charge in [0.25, 0.3) is 0 Å². The van der Waals surface area contributed by atoms with Crippen molar-refractivity contribution in [3.05, 3.63) is 0 Å². The highest BCUT2D eigenvalue weighted by Gasteiger charge is 2.44. The largest absolute Gasteiger partial charge is 0.377 e. The topological polar surface area (TPSA) is 47.9 Å². The van der Waals surface area contributed by atoms with Crippen molar-refractivity contribution in [3.8, 4) is 0 Å². The first-order valence-electron chi connectivity index (χ1n) is 4.24. The minimum Gasteiger partial charge on any atom is -0.377 e. The molecule has 5 atom stereocenters. The van der Waals surface area contributed by atoms with Crippen LogP contribution in [0.4, 0.5) is 0 Å². The summed E-state index contributed by atoms with van der Waals surface area (Å²) in [5, 5.41) is 9.12. The molecular formula is C8H14Cl2O4. The van der Waals surface area contributed by atoms with Gasteiger partial charge in [0.1, 0.15) is 12.2 Å². The molecule has 0 bridgehead atoms. The lowest BCUT2D eigenvalue weighted by atomic mass is 10.0. The molecule has 1 N–H and O–H groups in total. The Bertz CT molecular complexity index is 181. The lowest BCUT2D eigenvalue weighted by Gasteiger charge is -2.40. The van der Waals surface area contributed by atoms with Crippen molar-refractivity contribution in [2.45, 2.75) is 30.0 Å². The fraction of sp³-hybridized carbons (Fsp3) is 1.00. The molecule has 0 radical (unpaired) electrons. The Morgan fingerprint density at radius 1 is 1.29 bits per heavy atom. The van der Waals surface area contributed by atoms with Gasteiger partial charge in [-0.2, -0.15) is 0 Å². The van der Waals surface area contributed by atoms with Crippen LogP contribution in [0.2, 0.25) is 0 Å². The highest BCUT2D eigenvalue weighted by molar-refractivity contribution is 6.23. The summed E-state index contributed by atoms with van der Waals surface area (Å²) in [4.78, 5) is 0. The first kappa shape index (κ1) is 12.5. The van der Waals surface area contributed by atoms with Gasteiger partial charge in [-0.1, -0.05) is 0 Å². The number of halogens is 2. The van der Waals surface area contributed by atoms with Gasteiger partial charge in [-0.05, 0) is 0 Å². The Morgan fingerprint density at radius 3 is 2.29 bits per heavy atom. The number of aliphatic hydroxyl groups is 1. The molecule has 14 heavy (non-hydrogen) atoms. The van der Waals surface area contributed by atoms with Gasteiger partial charge >= 0.3 is 0 Å². The average Bonchev–Trinajstić information content (AvgIpc) is 2.20. The van der Waals surface area contributed by atoms with E-state index in [9.17, 15) is 5.11 Å². The van der Waals surface area contributed by atoms with Crippen LogP contribution in [0.5, 0.6) is 0 Å². The molecule has 0 aromatic heterocycles. The van der Waals surface area contributed by atoms with Crippen LogP contribution in [0.25, 0.3) is 0 Å². The highest BCUT2D eigenvalue weighted by atomic mass is 35.5. The third-order valence-electron chi connectivity index (χ3n) is 2.28. The number of aliphatic hydroxyl groups excluding tert-OH is 1. The van der Waals surface area contributed by atoms with E-state index in [1.807, 2.05) is 0 Å². The first-order valence-corrected chi connectivity index (χ1v) is 5.22. The fourth-order valence-electron chi connectivity index (χ4n) is 1.52. The second-order valence-electron chi connectivity index (χ2n) is 3.06. The van der Waals surface area contributed by atoms with Crippen LogP contribution < -0.4 is 0 Å². The van der Waals surface area contributed by atoms with E-state index in [0.29, 0.717) is 0 Å². The highest BCUT2D eigenvalue weighted by Crippen LogP contribution is 2.28. The second kappa shape index (κ2) is 5.49. The molecule has 0 aromatic rings. The van der Waals surface area contributed by atoms with Crippen molar-refractivity contribution in [1.82, 2.24) is 0 Å². The molecule has 0 unspecified atom stereocenters. The fourth-order valence-corrected chi connectivity index (χ4v) is 2.27. The summed E-state index contributed by atoms with van der Waals surface area (Å²) in [6.45, 7) is 0. The zero-order valence-corrected chi connectivity index (χ0v) is 9.53. The quantitative estimate of drug-likeness (QED) is 0.739. The van der Waals surface area contributed by atoms with Crippen LogP contribution in [-0.4, -0.2) is 55.2 Å². The standard InChI is InChI=1S/C8H14Cl2O4/c1-12-6-5(10)4(3-9)14-8(11)7(6)13-2/h4-8,11H,3H2,1-2H3/t4-,5+,6+,7-,8-/m1/s1. The lowest BCUT2D eigenvalue weighted by Crippen LogP contribution is -2.57. The van der Waals surface area contributed by atoms with Crippen LogP contribution in [-0.2, 0) is 14.2 Å². The Labute approximate surface area is 93.0 Å². The predicted molar refractivity (Wildman–Crippen MR) is 52.8 cm³/mol. The first-order chi connectivity index (χ1) is 6.65. The molecule has 0 aromatic carbocycles. The number of hydrogen-bond acceptors (Lipinski definition) is 4. The zero-order valence-electron chi connectivity index (χ0n) is 8.02. The minimum atomic E-state index is -1.05. The molecule has 1 aliphatic heterocycles. The van der Waals surface area contributed by atoms with E-state index in [4.69, 9.17) is 37.4 Å². The van der Waals surface area contributed by atoms with Crippen molar-refractivity contribution in [1.29, 1.82) is 0 Å². The zero-order chi connectivity index (χ0) is 10.7. The van der Waals surface area contributed by atoms with Gasteiger partial charge in [-0.3, -0.25) is 0 Å². The molecule has 1 saturated heterocycles. The van der Waals surface area contributed by atoms with Gasteiger partial charge in [0.15, 0.2) is 6.29 Å². The van der Waals surface area contributed by atoms with Crippen LogP contribution in [0.1, 0.15) is 0 Å². The van der Waals surface area contributed by atoms with Crippen LogP contribution in [0.15, 0.2) is 0 Å². The molecule has 0 amide bonds. The van der Waals surface area contributed by atoms with Crippen molar-refractivity contribution in [2.75, 3.05) is 20.1 Å². The summed E-state index contributed by atoms with van der Waals surface area (Å²) in [7, 11) is 2.98. The number of alkyl halides is 2.